The molecule has 0 radical (unpaired) electrons. The van der Waals surface area contributed by atoms with Crippen LogP contribution in [0.15, 0.2) is 29.8 Å². The molecule has 4 heteroatoms. The predicted molar refractivity (Wildman–Crippen MR) is 97.7 cm³/mol. The average Bonchev–Trinajstić information content (AvgIpc) is 2.88. The van der Waals surface area contributed by atoms with Gasteiger partial charge in [-0.3, -0.25) is 4.79 Å². The molecule has 3 N–H and O–H groups in total. The molecule has 0 saturated carbocycles. The molecule has 0 fully saturated rings. The fourth-order valence-electron chi connectivity index (χ4n) is 4.16. The minimum absolute atomic E-state index is 0.0397. The van der Waals surface area contributed by atoms with Gasteiger partial charge in [-0.05, 0) is 78.3 Å². The lowest BCUT2D eigenvalue weighted by molar-refractivity contribution is 0.0995. The second kappa shape index (κ2) is 5.81. The lowest BCUT2D eigenvalue weighted by Gasteiger charge is -2.23. The lowest BCUT2D eigenvalue weighted by Crippen LogP contribution is -2.24. The Kier molecular flexibility index (Phi) is 3.73. The van der Waals surface area contributed by atoms with Crippen molar-refractivity contribution < 1.29 is 9.18 Å². The number of rotatable bonds is 2. The van der Waals surface area contributed by atoms with E-state index in [4.69, 9.17) is 5.73 Å². The standard InChI is InChI=1S/C21H21FN2O/c1-11-8-16-19(12(11)2)15(9-18(22)20(16)21(23)25)14-5-3-4-13-6-7-24-10-17(13)14/h3-5,9,24H,6-8,10H2,1-2H3,(H2,23,25). The van der Waals surface area contributed by atoms with Gasteiger partial charge >= 0.3 is 0 Å². The summed E-state index contributed by atoms with van der Waals surface area (Å²) in [6.07, 6.45) is 1.55. The van der Waals surface area contributed by atoms with Crippen molar-refractivity contribution in [1.82, 2.24) is 5.32 Å². The van der Waals surface area contributed by atoms with Gasteiger partial charge < -0.3 is 11.1 Å². The van der Waals surface area contributed by atoms with Crippen LogP contribution in [0, 0.1) is 5.82 Å². The van der Waals surface area contributed by atoms with E-state index in [9.17, 15) is 9.18 Å². The number of nitrogens with one attached hydrogen (secondary N) is 1. The molecule has 3 nitrogen and oxygen atoms in total. The summed E-state index contributed by atoms with van der Waals surface area (Å²) in [5, 5.41) is 3.40. The molecule has 0 unspecified atom stereocenters. The molecule has 0 atom stereocenters. The third-order valence-electron chi connectivity index (χ3n) is 5.52. The minimum Gasteiger partial charge on any atom is -0.365 e. The Hall–Kier alpha value is -2.46. The maximum Gasteiger partial charge on any atom is 0.251 e. The van der Waals surface area contributed by atoms with Gasteiger partial charge in [-0.15, -0.1) is 0 Å². The van der Waals surface area contributed by atoms with E-state index in [1.807, 2.05) is 26.0 Å². The summed E-state index contributed by atoms with van der Waals surface area (Å²) in [6, 6.07) is 7.71. The molecule has 2 aliphatic rings. The van der Waals surface area contributed by atoms with Crippen LogP contribution in [0.5, 0.6) is 0 Å². The number of carbonyl (C=O) groups excluding carboxylic acids is 1. The quantitative estimate of drug-likeness (QED) is 0.880. The number of allylic oxidation sites excluding steroid dienone is 2. The molecule has 1 heterocycles. The van der Waals surface area contributed by atoms with Gasteiger partial charge in [0.2, 0.25) is 0 Å². The Morgan fingerprint density at radius 3 is 2.76 bits per heavy atom. The average molecular weight is 336 g/mol. The van der Waals surface area contributed by atoms with E-state index in [-0.39, 0.29) is 5.56 Å². The monoisotopic (exact) mass is 336 g/mol. The van der Waals surface area contributed by atoms with Crippen molar-refractivity contribution in [3.63, 3.8) is 0 Å². The van der Waals surface area contributed by atoms with E-state index in [1.165, 1.54) is 17.2 Å². The van der Waals surface area contributed by atoms with E-state index in [0.29, 0.717) is 6.42 Å². The third kappa shape index (κ3) is 2.40. The molecule has 0 aromatic heterocycles. The maximum absolute atomic E-state index is 14.8. The van der Waals surface area contributed by atoms with Crippen LogP contribution >= 0.6 is 0 Å². The van der Waals surface area contributed by atoms with Gasteiger partial charge in [0.05, 0.1) is 5.56 Å². The van der Waals surface area contributed by atoms with Crippen molar-refractivity contribution in [1.29, 1.82) is 0 Å². The largest absolute Gasteiger partial charge is 0.365 e. The minimum atomic E-state index is -0.695. The Balaban J connectivity index is 2.04. The van der Waals surface area contributed by atoms with E-state index >= 15 is 0 Å². The number of hydrogen-bond donors (Lipinski definition) is 2. The Morgan fingerprint density at radius 1 is 1.20 bits per heavy atom. The number of halogens is 1. The van der Waals surface area contributed by atoms with Gasteiger partial charge in [0.1, 0.15) is 5.82 Å². The number of primary amides is 1. The molecule has 4 rings (SSSR count). The summed E-state index contributed by atoms with van der Waals surface area (Å²) in [5.74, 6) is -1.22. The molecule has 1 amide bonds. The number of benzene rings is 2. The zero-order valence-corrected chi connectivity index (χ0v) is 14.5. The van der Waals surface area contributed by atoms with Gasteiger partial charge in [-0.2, -0.15) is 0 Å². The highest BCUT2D eigenvalue weighted by Gasteiger charge is 2.29. The third-order valence-corrected chi connectivity index (χ3v) is 5.52. The van der Waals surface area contributed by atoms with Crippen molar-refractivity contribution in [2.75, 3.05) is 6.54 Å². The van der Waals surface area contributed by atoms with E-state index < -0.39 is 11.7 Å². The summed E-state index contributed by atoms with van der Waals surface area (Å²) in [4.78, 5) is 11.8. The highest BCUT2D eigenvalue weighted by atomic mass is 19.1. The number of carbonyl (C=O) groups is 1. The van der Waals surface area contributed by atoms with Gasteiger partial charge in [0, 0.05) is 6.54 Å². The number of amides is 1. The van der Waals surface area contributed by atoms with Crippen LogP contribution in [0.2, 0.25) is 0 Å². The zero-order chi connectivity index (χ0) is 17.7. The first kappa shape index (κ1) is 16.0. The molecular formula is C21H21FN2O. The molecular weight excluding hydrogens is 315 g/mol. The second-order valence-corrected chi connectivity index (χ2v) is 6.95. The molecule has 0 bridgehead atoms. The van der Waals surface area contributed by atoms with Gasteiger partial charge in [0.15, 0.2) is 0 Å². The van der Waals surface area contributed by atoms with E-state index in [1.54, 1.807) is 0 Å². The van der Waals surface area contributed by atoms with Crippen LogP contribution in [0.4, 0.5) is 4.39 Å². The highest BCUT2D eigenvalue weighted by Crippen LogP contribution is 2.43. The molecule has 0 saturated heterocycles. The van der Waals surface area contributed by atoms with E-state index in [0.717, 1.165) is 52.9 Å². The van der Waals surface area contributed by atoms with Crippen molar-refractivity contribution in [3.05, 3.63) is 63.5 Å². The summed E-state index contributed by atoms with van der Waals surface area (Å²) in [6.45, 7) is 5.81. The molecule has 25 heavy (non-hydrogen) atoms. The van der Waals surface area contributed by atoms with Crippen LogP contribution in [0.25, 0.3) is 16.7 Å². The summed E-state index contributed by atoms with van der Waals surface area (Å²) in [5.41, 5.74) is 13.9. The van der Waals surface area contributed by atoms with E-state index in [2.05, 4.69) is 11.4 Å². The van der Waals surface area contributed by atoms with Crippen LogP contribution in [-0.4, -0.2) is 12.5 Å². The van der Waals surface area contributed by atoms with Gasteiger partial charge in [-0.25, -0.2) is 4.39 Å². The molecule has 1 aliphatic carbocycles. The summed E-state index contributed by atoms with van der Waals surface area (Å²) in [7, 11) is 0. The van der Waals surface area contributed by atoms with Crippen molar-refractivity contribution in [3.8, 4) is 11.1 Å². The Bertz CT molecular complexity index is 943. The van der Waals surface area contributed by atoms with Crippen molar-refractivity contribution in [2.24, 2.45) is 5.73 Å². The first-order chi connectivity index (χ1) is 12.0. The van der Waals surface area contributed by atoms with Gasteiger partial charge in [0.25, 0.3) is 5.91 Å². The molecule has 2 aromatic carbocycles. The van der Waals surface area contributed by atoms with Crippen molar-refractivity contribution in [2.45, 2.75) is 33.2 Å². The maximum atomic E-state index is 14.8. The van der Waals surface area contributed by atoms with Crippen LogP contribution in [0.1, 0.15) is 46.5 Å². The predicted octanol–water partition coefficient (Wildman–Crippen LogP) is 3.59. The van der Waals surface area contributed by atoms with Gasteiger partial charge in [-0.1, -0.05) is 23.8 Å². The number of hydrogen-bond acceptors (Lipinski definition) is 2. The van der Waals surface area contributed by atoms with Crippen LogP contribution in [-0.2, 0) is 19.4 Å². The second-order valence-electron chi connectivity index (χ2n) is 6.95. The molecule has 1 aliphatic heterocycles. The summed E-state index contributed by atoms with van der Waals surface area (Å²) < 4.78 is 14.8. The van der Waals surface area contributed by atoms with Crippen LogP contribution < -0.4 is 11.1 Å². The highest BCUT2D eigenvalue weighted by molar-refractivity contribution is 6.00. The Labute approximate surface area is 146 Å². The number of nitrogens with two attached hydrogens (primary N) is 1. The topological polar surface area (TPSA) is 55.1 Å². The molecule has 0 spiro atoms. The van der Waals surface area contributed by atoms with Crippen molar-refractivity contribution >= 4 is 11.5 Å². The number of fused-ring (bicyclic) bond motifs is 2. The SMILES string of the molecule is CC1=C(C)c2c(-c3cccc4c3CNCC4)cc(F)c(C(N)=O)c2C1. The smallest absolute Gasteiger partial charge is 0.251 e. The fraction of sp³-hybridized carbons (Fsp3) is 0.286. The Morgan fingerprint density at radius 2 is 2.00 bits per heavy atom. The zero-order valence-electron chi connectivity index (χ0n) is 14.5. The first-order valence-corrected chi connectivity index (χ1v) is 8.62. The van der Waals surface area contributed by atoms with Crippen LogP contribution in [0.3, 0.4) is 0 Å². The first-order valence-electron chi connectivity index (χ1n) is 8.62. The summed E-state index contributed by atoms with van der Waals surface area (Å²) >= 11 is 0. The normalized spacial score (nSPS) is 16.0. The lowest BCUT2D eigenvalue weighted by atomic mass is 9.86. The fourth-order valence-corrected chi connectivity index (χ4v) is 4.16. The molecule has 128 valence electrons. The molecule has 2 aromatic rings.